The van der Waals surface area contributed by atoms with Crippen LogP contribution in [0.3, 0.4) is 0 Å². The first-order valence-electron chi connectivity index (χ1n) is 7.62. The summed E-state index contributed by atoms with van der Waals surface area (Å²) in [6.45, 7) is -0.148. The molecule has 2 aromatic rings. The van der Waals surface area contributed by atoms with E-state index < -0.39 is 16.1 Å². The topological polar surface area (TPSA) is 89.8 Å². The van der Waals surface area contributed by atoms with Crippen molar-refractivity contribution in [1.29, 1.82) is 0 Å². The lowest BCUT2D eigenvalue weighted by atomic mass is 10.1. The lowest BCUT2D eigenvalue weighted by Gasteiger charge is -2.12. The fourth-order valence-electron chi connectivity index (χ4n) is 2.56. The van der Waals surface area contributed by atoms with Crippen LogP contribution in [0.25, 0.3) is 6.08 Å². The quantitative estimate of drug-likeness (QED) is 0.451. The van der Waals surface area contributed by atoms with Gasteiger partial charge in [0.1, 0.15) is 5.75 Å². The number of rotatable bonds is 5. The van der Waals surface area contributed by atoms with E-state index in [-0.39, 0.29) is 17.1 Å². The number of carbonyl (C=O) groups is 2. The van der Waals surface area contributed by atoms with E-state index in [1.807, 2.05) is 0 Å². The Kier molecular flexibility index (Phi) is 5.04. The molecular formula is C18H14N2O5S. The average Bonchev–Trinajstić information content (AvgIpc) is 2.90. The van der Waals surface area contributed by atoms with Crippen LogP contribution in [0.15, 0.2) is 53.4 Å². The molecule has 0 bridgehead atoms. The number of nitro groups is 1. The lowest BCUT2D eigenvalue weighted by Crippen LogP contribution is -2.27. The first-order chi connectivity index (χ1) is 12.5. The van der Waals surface area contributed by atoms with E-state index >= 15 is 0 Å². The zero-order chi connectivity index (χ0) is 18.7. The van der Waals surface area contributed by atoms with Crippen molar-refractivity contribution in [1.82, 2.24) is 4.90 Å². The molecule has 3 rings (SSSR count). The van der Waals surface area contributed by atoms with Crippen molar-refractivity contribution >= 4 is 34.7 Å². The monoisotopic (exact) mass is 370 g/mol. The van der Waals surface area contributed by atoms with Gasteiger partial charge in [0.25, 0.3) is 16.8 Å². The van der Waals surface area contributed by atoms with E-state index in [0.29, 0.717) is 16.9 Å². The van der Waals surface area contributed by atoms with Crippen LogP contribution in [-0.2, 0) is 11.3 Å². The van der Waals surface area contributed by atoms with Gasteiger partial charge in [0.15, 0.2) is 0 Å². The standard InChI is InChI=1S/C18H14N2O5S/c1-25-15-9-5-3-6-12(15)10-16-17(21)19(18(22)26-16)11-13-7-2-4-8-14(13)20(23)24/h2-10H,11H2,1H3/b16-10-. The number of imide groups is 1. The average molecular weight is 370 g/mol. The minimum Gasteiger partial charge on any atom is -0.496 e. The number of nitro benzene ring substituents is 1. The van der Waals surface area contributed by atoms with E-state index in [9.17, 15) is 19.7 Å². The van der Waals surface area contributed by atoms with Crippen molar-refractivity contribution in [3.63, 3.8) is 0 Å². The molecule has 8 heteroatoms. The third-order valence-electron chi connectivity index (χ3n) is 3.82. The highest BCUT2D eigenvalue weighted by Crippen LogP contribution is 2.35. The molecule has 0 unspecified atom stereocenters. The Morgan fingerprint density at radius 3 is 2.58 bits per heavy atom. The van der Waals surface area contributed by atoms with E-state index in [4.69, 9.17) is 4.74 Å². The highest BCUT2D eigenvalue weighted by Gasteiger charge is 2.36. The zero-order valence-corrected chi connectivity index (χ0v) is 14.6. The normalized spacial score (nSPS) is 15.6. The summed E-state index contributed by atoms with van der Waals surface area (Å²) >= 11 is 0.802. The Morgan fingerprint density at radius 2 is 1.85 bits per heavy atom. The van der Waals surface area contributed by atoms with E-state index in [0.717, 1.165) is 16.7 Å². The minimum absolute atomic E-state index is 0.125. The van der Waals surface area contributed by atoms with Gasteiger partial charge < -0.3 is 4.74 Å². The van der Waals surface area contributed by atoms with Gasteiger partial charge in [0.05, 0.1) is 23.5 Å². The van der Waals surface area contributed by atoms with Gasteiger partial charge in [-0.25, -0.2) is 0 Å². The van der Waals surface area contributed by atoms with E-state index in [1.54, 1.807) is 36.4 Å². The molecule has 1 fully saturated rings. The summed E-state index contributed by atoms with van der Waals surface area (Å²) in [6.07, 6.45) is 1.59. The molecular weight excluding hydrogens is 356 g/mol. The van der Waals surface area contributed by atoms with Crippen LogP contribution in [0.4, 0.5) is 10.5 Å². The number of benzene rings is 2. The third-order valence-corrected chi connectivity index (χ3v) is 4.72. The van der Waals surface area contributed by atoms with Crippen LogP contribution < -0.4 is 4.74 Å². The van der Waals surface area contributed by atoms with Crippen molar-refractivity contribution < 1.29 is 19.2 Å². The first-order valence-corrected chi connectivity index (χ1v) is 8.43. The molecule has 1 aliphatic rings. The Balaban J connectivity index is 1.88. The van der Waals surface area contributed by atoms with Gasteiger partial charge in [-0.3, -0.25) is 24.6 Å². The van der Waals surface area contributed by atoms with Crippen LogP contribution in [0, 0.1) is 10.1 Å². The molecule has 0 atom stereocenters. The molecule has 0 aliphatic carbocycles. The molecule has 2 aromatic carbocycles. The van der Waals surface area contributed by atoms with Gasteiger partial charge in [-0.1, -0.05) is 36.4 Å². The number of thioether (sulfide) groups is 1. The molecule has 1 saturated heterocycles. The molecule has 0 radical (unpaired) electrons. The largest absolute Gasteiger partial charge is 0.496 e. The summed E-state index contributed by atoms with van der Waals surface area (Å²) < 4.78 is 5.24. The number of ether oxygens (including phenoxy) is 1. The van der Waals surface area contributed by atoms with Crippen LogP contribution in [0.5, 0.6) is 5.75 Å². The van der Waals surface area contributed by atoms with Crippen molar-refractivity contribution in [3.05, 3.63) is 74.7 Å². The maximum Gasteiger partial charge on any atom is 0.293 e. The second-order valence-corrected chi connectivity index (χ2v) is 6.39. The number of hydrogen-bond donors (Lipinski definition) is 0. The fraction of sp³-hybridized carbons (Fsp3) is 0.111. The lowest BCUT2D eigenvalue weighted by molar-refractivity contribution is -0.385. The Morgan fingerprint density at radius 1 is 1.15 bits per heavy atom. The number of hydrogen-bond acceptors (Lipinski definition) is 6. The van der Waals surface area contributed by atoms with Crippen molar-refractivity contribution in [2.24, 2.45) is 0 Å². The SMILES string of the molecule is COc1ccccc1/C=C1\SC(=O)N(Cc2ccccc2[N+](=O)[O-])C1=O. The Hall–Kier alpha value is -3.13. The summed E-state index contributed by atoms with van der Waals surface area (Å²) in [4.78, 5) is 36.7. The molecule has 0 N–H and O–H groups in total. The molecule has 26 heavy (non-hydrogen) atoms. The highest BCUT2D eigenvalue weighted by atomic mass is 32.2. The summed E-state index contributed by atoms with van der Waals surface area (Å²) in [6, 6.07) is 13.2. The molecule has 0 aromatic heterocycles. The van der Waals surface area contributed by atoms with Crippen LogP contribution >= 0.6 is 11.8 Å². The van der Waals surface area contributed by atoms with Crippen molar-refractivity contribution in [3.8, 4) is 5.75 Å². The summed E-state index contributed by atoms with van der Waals surface area (Å²) in [7, 11) is 1.52. The van der Waals surface area contributed by atoms with Gasteiger partial charge in [-0.2, -0.15) is 0 Å². The van der Waals surface area contributed by atoms with Crippen LogP contribution in [-0.4, -0.2) is 28.1 Å². The first kappa shape index (κ1) is 17.7. The number of para-hydroxylation sites is 2. The number of methoxy groups -OCH3 is 1. The second-order valence-electron chi connectivity index (χ2n) is 5.40. The molecule has 0 saturated carbocycles. The van der Waals surface area contributed by atoms with Gasteiger partial charge >= 0.3 is 0 Å². The third kappa shape index (κ3) is 3.45. The molecule has 1 heterocycles. The van der Waals surface area contributed by atoms with E-state index in [2.05, 4.69) is 0 Å². The second kappa shape index (κ2) is 7.40. The smallest absolute Gasteiger partial charge is 0.293 e. The van der Waals surface area contributed by atoms with Gasteiger partial charge in [0.2, 0.25) is 0 Å². The number of carbonyl (C=O) groups excluding carboxylic acids is 2. The minimum atomic E-state index is -0.529. The molecule has 132 valence electrons. The van der Waals surface area contributed by atoms with Gasteiger partial charge in [-0.05, 0) is 23.9 Å². The maximum absolute atomic E-state index is 12.6. The van der Waals surface area contributed by atoms with Crippen molar-refractivity contribution in [2.75, 3.05) is 7.11 Å². The highest BCUT2D eigenvalue weighted by molar-refractivity contribution is 8.18. The summed E-state index contributed by atoms with van der Waals surface area (Å²) in [5, 5.41) is 10.7. The molecule has 7 nitrogen and oxygen atoms in total. The zero-order valence-electron chi connectivity index (χ0n) is 13.7. The maximum atomic E-state index is 12.6. The van der Waals surface area contributed by atoms with E-state index in [1.165, 1.54) is 25.3 Å². The summed E-state index contributed by atoms with van der Waals surface area (Å²) in [5.41, 5.74) is 0.852. The van der Waals surface area contributed by atoms with Crippen LogP contribution in [0.1, 0.15) is 11.1 Å². The molecule has 2 amide bonds. The Bertz CT molecular complexity index is 925. The Labute approximate surface area is 153 Å². The van der Waals surface area contributed by atoms with Gasteiger partial charge in [0, 0.05) is 17.2 Å². The predicted molar refractivity (Wildman–Crippen MR) is 97.6 cm³/mol. The fourth-order valence-corrected chi connectivity index (χ4v) is 3.39. The van der Waals surface area contributed by atoms with Crippen LogP contribution in [0.2, 0.25) is 0 Å². The van der Waals surface area contributed by atoms with Crippen molar-refractivity contribution in [2.45, 2.75) is 6.54 Å². The van der Waals surface area contributed by atoms with Gasteiger partial charge in [-0.15, -0.1) is 0 Å². The molecule has 0 spiro atoms. The number of amides is 2. The molecule has 1 aliphatic heterocycles. The summed E-state index contributed by atoms with van der Waals surface area (Å²) in [5.74, 6) is 0.0991. The predicted octanol–water partition coefficient (Wildman–Crippen LogP) is 3.84. The number of nitrogens with zero attached hydrogens (tertiary/aromatic N) is 2.